The summed E-state index contributed by atoms with van der Waals surface area (Å²) in [6.07, 6.45) is 4.75. The van der Waals surface area contributed by atoms with Gasteiger partial charge in [0.2, 0.25) is 0 Å². The number of unbranched alkanes of at least 4 members (excludes halogenated alkanes) is 2. The molecule has 1 radical (unpaired) electrons. The minimum atomic E-state index is -2.92. The molecule has 0 aromatic rings. The molecule has 0 saturated carbocycles. The van der Waals surface area contributed by atoms with Gasteiger partial charge in [-0.25, -0.2) is 0 Å². The smallest absolute Gasteiger partial charge is 0.907 e. The SMILES string of the molecule is CC(C)CCCCCO.[Ce+3].[O-]B([O-])[O-]. The number of aliphatic hydroxyl groups excluding tert-OH is 1. The number of hydrogen-bond donors (Lipinski definition) is 1. The molecule has 6 heteroatoms. The number of hydrogen-bond acceptors (Lipinski definition) is 4. The van der Waals surface area contributed by atoms with Crippen LogP contribution in [0.4, 0.5) is 0 Å². The third kappa shape index (κ3) is 37.8. The summed E-state index contributed by atoms with van der Waals surface area (Å²) >= 11 is 0. The molecule has 0 amide bonds. The van der Waals surface area contributed by atoms with Crippen LogP contribution in [0.5, 0.6) is 0 Å². The molecule has 0 aliphatic rings. The van der Waals surface area contributed by atoms with E-state index in [1.807, 2.05) is 0 Å². The van der Waals surface area contributed by atoms with Crippen molar-refractivity contribution in [2.75, 3.05) is 6.61 Å². The van der Waals surface area contributed by atoms with Crippen LogP contribution in [0, 0.1) is 47.7 Å². The maximum absolute atomic E-state index is 8.43. The van der Waals surface area contributed by atoms with E-state index in [2.05, 4.69) is 13.8 Å². The molecular formula is C8H18BCeO4. The number of rotatable bonds is 5. The second-order valence-corrected chi connectivity index (χ2v) is 3.26. The van der Waals surface area contributed by atoms with Crippen molar-refractivity contribution in [2.24, 2.45) is 5.92 Å². The molecule has 0 spiro atoms. The second kappa shape index (κ2) is 16.7. The summed E-state index contributed by atoms with van der Waals surface area (Å²) in [5.41, 5.74) is 0. The van der Waals surface area contributed by atoms with Crippen LogP contribution in [-0.2, 0) is 0 Å². The summed E-state index contributed by atoms with van der Waals surface area (Å²) in [6, 6.07) is 0. The van der Waals surface area contributed by atoms with E-state index in [1.165, 1.54) is 19.3 Å². The first kappa shape index (κ1) is 20.7. The molecule has 1 N–H and O–H groups in total. The van der Waals surface area contributed by atoms with Crippen LogP contribution in [0.2, 0.25) is 0 Å². The van der Waals surface area contributed by atoms with Crippen molar-refractivity contribution < 1.29 is 61.9 Å². The van der Waals surface area contributed by atoms with Crippen molar-refractivity contribution in [1.29, 1.82) is 0 Å². The van der Waals surface area contributed by atoms with Crippen LogP contribution in [0.25, 0.3) is 0 Å². The van der Waals surface area contributed by atoms with Crippen LogP contribution in [0.1, 0.15) is 39.5 Å². The molecule has 81 valence electrons. The van der Waals surface area contributed by atoms with Gasteiger partial charge in [0.1, 0.15) is 0 Å². The Morgan fingerprint density at radius 2 is 1.50 bits per heavy atom. The van der Waals surface area contributed by atoms with Gasteiger partial charge >= 0.3 is 41.7 Å². The van der Waals surface area contributed by atoms with Crippen molar-refractivity contribution in [3.8, 4) is 0 Å². The van der Waals surface area contributed by atoms with Gasteiger partial charge < -0.3 is 20.2 Å². The summed E-state index contributed by atoms with van der Waals surface area (Å²) in [4.78, 5) is 0. The fourth-order valence-electron chi connectivity index (χ4n) is 0.841. The Labute approximate surface area is 120 Å². The van der Waals surface area contributed by atoms with Crippen LogP contribution in [0.15, 0.2) is 0 Å². The third-order valence-corrected chi connectivity index (χ3v) is 1.44. The van der Waals surface area contributed by atoms with E-state index in [0.717, 1.165) is 12.3 Å². The molecule has 0 aliphatic carbocycles. The molecule has 0 aromatic heterocycles. The summed E-state index contributed by atoms with van der Waals surface area (Å²) in [6.45, 7) is 4.83. The fourth-order valence-corrected chi connectivity index (χ4v) is 0.841. The van der Waals surface area contributed by atoms with Gasteiger partial charge in [-0.15, -0.1) is 0 Å². The Hall–Kier alpha value is 1.28. The van der Waals surface area contributed by atoms with Gasteiger partial charge in [0.25, 0.3) is 0 Å². The van der Waals surface area contributed by atoms with Gasteiger partial charge in [-0.05, 0) is 12.3 Å². The predicted octanol–water partition coefficient (Wildman–Crippen LogP) is -1.75. The van der Waals surface area contributed by atoms with E-state index in [9.17, 15) is 0 Å². The maximum Gasteiger partial charge on any atom is 3.00 e. The predicted molar refractivity (Wildman–Crippen MR) is 46.1 cm³/mol. The summed E-state index contributed by atoms with van der Waals surface area (Å²) < 4.78 is 0. The first-order valence-electron chi connectivity index (χ1n) is 4.59. The van der Waals surface area contributed by atoms with Gasteiger partial charge in [0.05, 0.1) is 0 Å². The van der Waals surface area contributed by atoms with Crippen molar-refractivity contribution >= 4 is 7.32 Å². The van der Waals surface area contributed by atoms with Crippen molar-refractivity contribution in [1.82, 2.24) is 0 Å². The molecule has 0 fully saturated rings. The standard InChI is InChI=1S/C8H18O.BO3.Ce/c1-8(2)6-4-3-5-7-9;2-1(3)4;/h8-9H,3-7H2,1-2H3;;/q;-3;+3. The van der Waals surface area contributed by atoms with E-state index in [-0.39, 0.29) is 41.7 Å². The molecule has 0 atom stereocenters. The van der Waals surface area contributed by atoms with Gasteiger partial charge in [0.15, 0.2) is 0 Å². The molecule has 0 heterocycles. The van der Waals surface area contributed by atoms with E-state index in [0.29, 0.717) is 6.61 Å². The molecule has 0 aromatic carbocycles. The minimum Gasteiger partial charge on any atom is -0.907 e. The molecule has 14 heavy (non-hydrogen) atoms. The van der Waals surface area contributed by atoms with Gasteiger partial charge in [-0.3, -0.25) is 7.32 Å². The average Bonchev–Trinajstić information content (AvgIpc) is 1.97. The number of aliphatic hydroxyl groups is 1. The quantitative estimate of drug-likeness (QED) is 0.478. The van der Waals surface area contributed by atoms with Gasteiger partial charge in [-0.1, -0.05) is 33.1 Å². The van der Waals surface area contributed by atoms with Gasteiger partial charge in [0, 0.05) is 6.61 Å². The molecule has 0 bridgehead atoms. The van der Waals surface area contributed by atoms with E-state index in [4.69, 9.17) is 20.2 Å². The third-order valence-electron chi connectivity index (χ3n) is 1.44. The Balaban J connectivity index is -0.000000209. The summed E-state index contributed by atoms with van der Waals surface area (Å²) in [5.74, 6) is 0.823. The van der Waals surface area contributed by atoms with Crippen LogP contribution in [0.3, 0.4) is 0 Å². The second-order valence-electron chi connectivity index (χ2n) is 3.26. The van der Waals surface area contributed by atoms with Crippen molar-refractivity contribution in [2.45, 2.75) is 39.5 Å². The summed E-state index contributed by atoms with van der Waals surface area (Å²) in [5, 5.41) is 33.7. The van der Waals surface area contributed by atoms with E-state index >= 15 is 0 Å². The first-order chi connectivity index (χ1) is 6.00. The molecule has 0 aliphatic heterocycles. The zero-order valence-corrected chi connectivity index (χ0v) is 12.0. The van der Waals surface area contributed by atoms with Crippen molar-refractivity contribution in [3.05, 3.63) is 0 Å². The molecule has 0 saturated heterocycles. The zero-order chi connectivity index (χ0) is 10.7. The maximum atomic E-state index is 8.43. The molecule has 0 rings (SSSR count). The monoisotopic (exact) mass is 329 g/mol. The Kier molecular flexibility index (Phi) is 24.7. The van der Waals surface area contributed by atoms with Crippen molar-refractivity contribution in [3.63, 3.8) is 0 Å². The Bertz CT molecular complexity index is 90.7. The minimum absolute atomic E-state index is 0. The molecular weight excluding hydrogens is 311 g/mol. The largest absolute Gasteiger partial charge is 3.00 e. The van der Waals surface area contributed by atoms with E-state index in [1.54, 1.807) is 0 Å². The van der Waals surface area contributed by atoms with Crippen LogP contribution in [-0.4, -0.2) is 19.0 Å². The Morgan fingerprint density at radius 3 is 1.79 bits per heavy atom. The molecule has 0 unspecified atom stereocenters. The fraction of sp³-hybridized carbons (Fsp3) is 1.00. The Morgan fingerprint density at radius 1 is 1.07 bits per heavy atom. The normalized spacial score (nSPS) is 8.79. The molecule has 4 nitrogen and oxygen atoms in total. The van der Waals surface area contributed by atoms with Gasteiger partial charge in [-0.2, -0.15) is 0 Å². The van der Waals surface area contributed by atoms with Crippen LogP contribution < -0.4 is 15.1 Å². The van der Waals surface area contributed by atoms with Crippen LogP contribution >= 0.6 is 0 Å². The van der Waals surface area contributed by atoms with E-state index < -0.39 is 7.32 Å². The topological polar surface area (TPSA) is 89.4 Å². The average molecular weight is 329 g/mol. The first-order valence-corrected chi connectivity index (χ1v) is 4.59. The summed E-state index contributed by atoms with van der Waals surface area (Å²) in [7, 11) is -2.92. The zero-order valence-electron chi connectivity index (χ0n) is 8.86.